The first-order valence-electron chi connectivity index (χ1n) is 8.95. The second-order valence-corrected chi connectivity index (χ2v) is 7.14. The number of amides is 1. The fraction of sp³-hybridized carbons (Fsp3) is 0.941. The number of halogens is 2. The van der Waals surface area contributed by atoms with Crippen molar-refractivity contribution in [3.05, 3.63) is 0 Å². The third kappa shape index (κ3) is 8.34. The minimum absolute atomic E-state index is 0. The number of hydrogen-bond donors (Lipinski definition) is 2. The summed E-state index contributed by atoms with van der Waals surface area (Å²) in [5.74, 6) is 0.355. The molecule has 3 N–H and O–H groups in total. The van der Waals surface area contributed by atoms with Crippen molar-refractivity contribution in [1.82, 2.24) is 10.2 Å². The number of carbonyl (C=O) groups excluding carboxylic acids is 1. The van der Waals surface area contributed by atoms with Crippen LogP contribution in [0.3, 0.4) is 0 Å². The first-order chi connectivity index (χ1) is 10.5. The second-order valence-electron chi connectivity index (χ2n) is 7.14. The van der Waals surface area contributed by atoms with Gasteiger partial charge in [-0.1, -0.05) is 6.42 Å². The van der Waals surface area contributed by atoms with Gasteiger partial charge in [0.25, 0.3) is 0 Å². The second kappa shape index (κ2) is 12.3. The summed E-state index contributed by atoms with van der Waals surface area (Å²) in [5.41, 5.74) is 5.95. The molecule has 2 rings (SSSR count). The van der Waals surface area contributed by atoms with Gasteiger partial charge >= 0.3 is 0 Å². The van der Waals surface area contributed by atoms with E-state index in [1.165, 1.54) is 0 Å². The molecule has 4 unspecified atom stereocenters. The smallest absolute Gasteiger partial charge is 0.223 e. The Morgan fingerprint density at radius 1 is 1.17 bits per heavy atom. The normalized spacial score (nSPS) is 30.8. The van der Waals surface area contributed by atoms with E-state index in [-0.39, 0.29) is 42.7 Å². The molecule has 5 nitrogen and oxygen atoms in total. The Labute approximate surface area is 159 Å². The van der Waals surface area contributed by atoms with E-state index in [4.69, 9.17) is 10.5 Å². The van der Waals surface area contributed by atoms with Gasteiger partial charge in [0.1, 0.15) is 0 Å². The van der Waals surface area contributed by atoms with Gasteiger partial charge in [0.05, 0.1) is 12.2 Å². The minimum Gasteiger partial charge on any atom is -0.373 e. The van der Waals surface area contributed by atoms with E-state index in [1.807, 2.05) is 0 Å². The summed E-state index contributed by atoms with van der Waals surface area (Å²) in [6.45, 7) is 8.21. The van der Waals surface area contributed by atoms with Crippen LogP contribution in [0.4, 0.5) is 0 Å². The van der Waals surface area contributed by atoms with Gasteiger partial charge in [-0.15, -0.1) is 24.8 Å². The topological polar surface area (TPSA) is 67.6 Å². The van der Waals surface area contributed by atoms with Gasteiger partial charge in [0.2, 0.25) is 5.91 Å². The summed E-state index contributed by atoms with van der Waals surface area (Å²) in [7, 11) is 0. The van der Waals surface area contributed by atoms with Gasteiger partial charge in [0, 0.05) is 31.6 Å². The molecule has 0 radical (unpaired) electrons. The fourth-order valence-corrected chi connectivity index (χ4v) is 3.75. The number of nitrogens with one attached hydrogen (secondary N) is 1. The molecule has 0 bridgehead atoms. The summed E-state index contributed by atoms with van der Waals surface area (Å²) >= 11 is 0. The first-order valence-corrected chi connectivity index (χ1v) is 8.95. The van der Waals surface area contributed by atoms with Gasteiger partial charge in [-0.25, -0.2) is 0 Å². The van der Waals surface area contributed by atoms with Crippen LogP contribution in [0.2, 0.25) is 0 Å². The molecular weight excluding hydrogens is 349 g/mol. The van der Waals surface area contributed by atoms with Gasteiger partial charge in [0.15, 0.2) is 0 Å². The number of rotatable bonds is 6. The van der Waals surface area contributed by atoms with Crippen LogP contribution in [0.1, 0.15) is 52.4 Å². The van der Waals surface area contributed by atoms with Crippen molar-refractivity contribution in [2.45, 2.75) is 70.6 Å². The largest absolute Gasteiger partial charge is 0.373 e. The summed E-state index contributed by atoms with van der Waals surface area (Å²) in [4.78, 5) is 14.6. The molecule has 1 amide bonds. The maximum Gasteiger partial charge on any atom is 0.223 e. The molecule has 7 heteroatoms. The van der Waals surface area contributed by atoms with Gasteiger partial charge in [-0.2, -0.15) is 0 Å². The quantitative estimate of drug-likeness (QED) is 0.690. The molecule has 2 fully saturated rings. The Hall–Kier alpha value is -0.0700. The Balaban J connectivity index is 0.00000264. The molecule has 4 atom stereocenters. The number of nitrogens with two attached hydrogens (primary N) is 1. The van der Waals surface area contributed by atoms with Crippen molar-refractivity contribution < 1.29 is 9.53 Å². The Morgan fingerprint density at radius 3 is 2.46 bits per heavy atom. The number of nitrogens with zero attached hydrogens (tertiary/aromatic N) is 1. The summed E-state index contributed by atoms with van der Waals surface area (Å²) in [5, 5.41) is 3.09. The molecule has 1 heterocycles. The molecule has 24 heavy (non-hydrogen) atoms. The Bertz CT molecular complexity index is 351. The van der Waals surface area contributed by atoms with Gasteiger partial charge in [-0.3, -0.25) is 9.69 Å². The van der Waals surface area contributed by atoms with Crippen LogP contribution in [0.5, 0.6) is 0 Å². The maximum absolute atomic E-state index is 12.1. The van der Waals surface area contributed by atoms with Crippen LogP contribution in [0.25, 0.3) is 0 Å². The number of ether oxygens (including phenoxy) is 1. The SMILES string of the molecule is CC1CN(CCCCNC(=O)C2CCCC(N)C2)CC(C)O1.Cl.Cl. The van der Waals surface area contributed by atoms with E-state index >= 15 is 0 Å². The number of hydrogen-bond acceptors (Lipinski definition) is 4. The van der Waals surface area contributed by atoms with Crippen LogP contribution in [-0.4, -0.2) is 55.2 Å². The third-order valence-electron chi connectivity index (χ3n) is 4.78. The molecular formula is C17H35Cl2N3O2. The molecule has 1 saturated carbocycles. The predicted molar refractivity (Wildman–Crippen MR) is 103 cm³/mol. The van der Waals surface area contributed by atoms with Crippen LogP contribution < -0.4 is 11.1 Å². The summed E-state index contributed by atoms with van der Waals surface area (Å²) in [6.07, 6.45) is 6.86. The lowest BCUT2D eigenvalue weighted by Gasteiger charge is -2.35. The maximum atomic E-state index is 12.1. The molecule has 1 aliphatic heterocycles. The lowest BCUT2D eigenvalue weighted by molar-refractivity contribution is -0.126. The van der Waals surface area contributed by atoms with Crippen molar-refractivity contribution in [1.29, 1.82) is 0 Å². The number of unbranched alkanes of at least 4 members (excludes halogenated alkanes) is 1. The van der Waals surface area contributed by atoms with Crippen LogP contribution >= 0.6 is 24.8 Å². The predicted octanol–water partition coefficient (Wildman–Crippen LogP) is 2.35. The highest BCUT2D eigenvalue weighted by atomic mass is 35.5. The standard InChI is InChI=1S/C17H33N3O2.2ClH/c1-13-11-20(12-14(2)22-13)9-4-3-8-19-17(21)15-6-5-7-16(18)10-15;;/h13-16H,3-12,18H2,1-2H3,(H,19,21);2*1H. The number of carbonyl (C=O) groups is 1. The van der Waals surface area contributed by atoms with E-state index in [0.717, 1.165) is 64.7 Å². The fourth-order valence-electron chi connectivity index (χ4n) is 3.75. The van der Waals surface area contributed by atoms with Crippen LogP contribution in [0.15, 0.2) is 0 Å². The molecule has 0 spiro atoms. The van der Waals surface area contributed by atoms with Crippen molar-refractivity contribution in [2.75, 3.05) is 26.2 Å². The molecule has 0 aromatic rings. The lowest BCUT2D eigenvalue weighted by atomic mass is 9.85. The molecule has 0 aromatic carbocycles. The highest BCUT2D eigenvalue weighted by Crippen LogP contribution is 2.23. The van der Waals surface area contributed by atoms with E-state index in [2.05, 4.69) is 24.1 Å². The molecule has 0 aromatic heterocycles. The average molecular weight is 384 g/mol. The van der Waals surface area contributed by atoms with Crippen molar-refractivity contribution >= 4 is 30.7 Å². The van der Waals surface area contributed by atoms with Gasteiger partial charge < -0.3 is 15.8 Å². The zero-order valence-corrected chi connectivity index (χ0v) is 16.7. The monoisotopic (exact) mass is 383 g/mol. The zero-order chi connectivity index (χ0) is 15.9. The van der Waals surface area contributed by atoms with E-state index < -0.39 is 0 Å². The lowest BCUT2D eigenvalue weighted by Crippen LogP contribution is -2.45. The van der Waals surface area contributed by atoms with Crippen molar-refractivity contribution in [3.8, 4) is 0 Å². The molecule has 1 aliphatic carbocycles. The Kier molecular flexibility index (Phi) is 12.3. The van der Waals surface area contributed by atoms with Crippen LogP contribution in [-0.2, 0) is 9.53 Å². The number of morpholine rings is 1. The first kappa shape index (κ1) is 23.9. The van der Waals surface area contributed by atoms with Gasteiger partial charge in [-0.05, 0) is 52.5 Å². The van der Waals surface area contributed by atoms with Crippen molar-refractivity contribution in [2.24, 2.45) is 11.7 Å². The molecule has 2 aliphatic rings. The van der Waals surface area contributed by atoms with E-state index in [1.54, 1.807) is 0 Å². The molecule has 1 saturated heterocycles. The van der Waals surface area contributed by atoms with Crippen LogP contribution in [0, 0.1) is 5.92 Å². The zero-order valence-electron chi connectivity index (χ0n) is 15.0. The average Bonchev–Trinajstić information content (AvgIpc) is 2.45. The minimum atomic E-state index is 0. The van der Waals surface area contributed by atoms with E-state index in [9.17, 15) is 4.79 Å². The highest BCUT2D eigenvalue weighted by molar-refractivity contribution is 5.85. The van der Waals surface area contributed by atoms with E-state index in [0.29, 0.717) is 12.2 Å². The highest BCUT2D eigenvalue weighted by Gasteiger charge is 2.25. The molecule has 144 valence electrons. The summed E-state index contributed by atoms with van der Waals surface area (Å²) < 4.78 is 5.74. The van der Waals surface area contributed by atoms with Crippen molar-refractivity contribution in [3.63, 3.8) is 0 Å². The third-order valence-corrected chi connectivity index (χ3v) is 4.78. The summed E-state index contributed by atoms with van der Waals surface area (Å²) in [6, 6.07) is 0.217. The Morgan fingerprint density at radius 2 is 1.83 bits per heavy atom.